The number of carboxylic acids is 1. The van der Waals surface area contributed by atoms with E-state index in [0.717, 1.165) is 30.8 Å². The topological polar surface area (TPSA) is 108 Å². The molecule has 0 radical (unpaired) electrons. The van der Waals surface area contributed by atoms with E-state index in [-0.39, 0.29) is 37.0 Å². The number of nitrogens with zero attached hydrogens (tertiary/aromatic N) is 2. The number of benzene rings is 4. The first kappa shape index (κ1) is 39.5. The minimum absolute atomic E-state index is 0. The molecule has 0 bridgehead atoms. The maximum absolute atomic E-state index is 11.2. The van der Waals surface area contributed by atoms with Crippen molar-refractivity contribution < 1.29 is 43.8 Å². The van der Waals surface area contributed by atoms with Gasteiger partial charge in [-0.25, -0.2) is 0 Å². The Morgan fingerprint density at radius 1 is 0.708 bits per heavy atom. The van der Waals surface area contributed by atoms with E-state index in [1.165, 1.54) is 33.5 Å². The average molecular weight is 639 g/mol. The molecule has 0 aromatic heterocycles. The summed E-state index contributed by atoms with van der Waals surface area (Å²) in [5.74, 6) is 0.175. The van der Waals surface area contributed by atoms with E-state index in [9.17, 15) is 9.90 Å². The second kappa shape index (κ2) is 19.9. The smallest absolute Gasteiger partial charge is 0.870 e. The maximum atomic E-state index is 11.2. The van der Waals surface area contributed by atoms with Crippen molar-refractivity contribution in [1.29, 1.82) is 0 Å². The molecule has 4 aromatic rings. The standard InChI is InChI=1S/C20H23N.C19H19NO2.CO2.Li.H2O/c1-3-13-21(15-17-7-5-4-6-8-17)19-11-12-20-16(2)9-10-18(20)14-19;1-14-7-8-16-11-17(9-10-18(14)16)20(13-19(21)22)12-15-5-3-2-4-6-15;2-1-3;;/h4-12,14,16H,3,13,15H2,1-2H3;2-11,14H,12-13H2,1H3,(H,21,22);;;1H2/q;;;+1;/p-1. The summed E-state index contributed by atoms with van der Waals surface area (Å²) in [5.41, 5.74) is 10.1. The van der Waals surface area contributed by atoms with Gasteiger partial charge in [0, 0.05) is 31.0 Å². The van der Waals surface area contributed by atoms with Crippen molar-refractivity contribution in [2.24, 2.45) is 0 Å². The summed E-state index contributed by atoms with van der Waals surface area (Å²) in [4.78, 5) is 31.8. The largest absolute Gasteiger partial charge is 1.00 e. The Balaban J connectivity index is 0.000000297. The number of anilines is 2. The van der Waals surface area contributed by atoms with Gasteiger partial charge in [0.25, 0.3) is 0 Å². The van der Waals surface area contributed by atoms with Crippen molar-refractivity contribution in [2.75, 3.05) is 22.9 Å². The number of aliphatic carboxylic acids is 1. The van der Waals surface area contributed by atoms with Crippen molar-refractivity contribution in [2.45, 2.75) is 52.1 Å². The first-order chi connectivity index (χ1) is 22.3. The van der Waals surface area contributed by atoms with Crippen molar-refractivity contribution in [3.63, 3.8) is 0 Å². The van der Waals surface area contributed by atoms with Crippen molar-refractivity contribution in [3.05, 3.63) is 143 Å². The van der Waals surface area contributed by atoms with E-state index in [0.29, 0.717) is 18.4 Å². The molecule has 0 heterocycles. The fourth-order valence-corrected chi connectivity index (χ4v) is 5.92. The number of hydrogen-bond acceptors (Lipinski definition) is 6. The van der Waals surface area contributed by atoms with Crippen molar-refractivity contribution in [3.8, 4) is 0 Å². The molecule has 244 valence electrons. The Kier molecular flexibility index (Phi) is 16.4. The van der Waals surface area contributed by atoms with Crippen LogP contribution in [0.15, 0.2) is 109 Å². The second-order valence-corrected chi connectivity index (χ2v) is 11.6. The Labute approximate surface area is 296 Å². The molecule has 8 heteroatoms. The summed E-state index contributed by atoms with van der Waals surface area (Å²) < 4.78 is 0. The number of fused-ring (bicyclic) bond motifs is 2. The molecule has 2 aliphatic rings. The van der Waals surface area contributed by atoms with E-state index < -0.39 is 5.97 Å². The monoisotopic (exact) mass is 638 g/mol. The van der Waals surface area contributed by atoms with Gasteiger partial charge in [-0.2, -0.15) is 9.59 Å². The summed E-state index contributed by atoms with van der Waals surface area (Å²) in [6.07, 6.45) is 10.3. The Hall–Kier alpha value is -4.63. The molecule has 0 aliphatic heterocycles. The quantitative estimate of drug-likeness (QED) is 0.232. The molecule has 2 atom stereocenters. The van der Waals surface area contributed by atoms with Crippen LogP contribution in [0, 0.1) is 0 Å². The van der Waals surface area contributed by atoms with E-state index in [1.807, 2.05) is 41.3 Å². The van der Waals surface area contributed by atoms with Gasteiger partial charge in [0.1, 0.15) is 6.54 Å². The number of carboxylic acid groups (broad SMARTS) is 1. The van der Waals surface area contributed by atoms with Crippen molar-refractivity contribution >= 4 is 35.6 Å². The molecule has 0 amide bonds. The van der Waals surface area contributed by atoms with Crippen LogP contribution in [0.2, 0.25) is 0 Å². The molecule has 6 rings (SSSR count). The number of carbonyl (C=O) groups is 1. The molecule has 4 aromatic carbocycles. The van der Waals surface area contributed by atoms with Gasteiger partial charge in [-0.15, -0.1) is 0 Å². The summed E-state index contributed by atoms with van der Waals surface area (Å²) in [6, 6.07) is 33.8. The summed E-state index contributed by atoms with van der Waals surface area (Å²) >= 11 is 0. The second-order valence-electron chi connectivity index (χ2n) is 11.6. The molecule has 2 N–H and O–H groups in total. The zero-order valence-corrected chi connectivity index (χ0v) is 28.3. The number of rotatable bonds is 10. The molecular weight excluding hydrogens is 595 g/mol. The van der Waals surface area contributed by atoms with Crippen LogP contribution in [0.5, 0.6) is 0 Å². The van der Waals surface area contributed by atoms with Crippen LogP contribution in [0.3, 0.4) is 0 Å². The van der Waals surface area contributed by atoms with E-state index in [2.05, 4.69) is 111 Å². The average Bonchev–Trinajstić information content (AvgIpc) is 3.63. The Morgan fingerprint density at radius 2 is 1.12 bits per heavy atom. The van der Waals surface area contributed by atoms with Gasteiger partial charge in [0.15, 0.2) is 0 Å². The third-order valence-corrected chi connectivity index (χ3v) is 8.23. The normalized spacial score (nSPS) is 14.3. The zero-order chi connectivity index (χ0) is 32.9. The predicted molar refractivity (Wildman–Crippen MR) is 188 cm³/mol. The number of allylic oxidation sites excluding steroid dienone is 2. The molecule has 0 saturated carbocycles. The van der Waals surface area contributed by atoms with Crippen LogP contribution < -0.4 is 28.7 Å². The Bertz CT molecular complexity index is 1680. The van der Waals surface area contributed by atoms with Crippen molar-refractivity contribution in [1.82, 2.24) is 0 Å². The molecule has 48 heavy (non-hydrogen) atoms. The van der Waals surface area contributed by atoms with Gasteiger partial charge in [-0.1, -0.05) is 118 Å². The van der Waals surface area contributed by atoms with Gasteiger partial charge < -0.3 is 20.4 Å². The van der Waals surface area contributed by atoms with Gasteiger partial charge in [0.05, 0.1) is 0 Å². The summed E-state index contributed by atoms with van der Waals surface area (Å²) in [5, 5.41) is 9.20. The van der Waals surface area contributed by atoms with Crippen LogP contribution in [0.4, 0.5) is 11.4 Å². The number of hydrogen-bond donors (Lipinski definition) is 1. The summed E-state index contributed by atoms with van der Waals surface area (Å²) in [7, 11) is 0. The molecule has 0 spiro atoms. The fraction of sp³-hybridized carbons (Fsp3) is 0.250. The fourth-order valence-electron chi connectivity index (χ4n) is 5.92. The third kappa shape index (κ3) is 11.0. The number of carbonyl (C=O) groups excluding carboxylic acids is 2. The van der Waals surface area contributed by atoms with Crippen LogP contribution in [-0.4, -0.2) is 35.8 Å². The molecule has 2 unspecified atom stereocenters. The predicted octanol–water partition coefficient (Wildman–Crippen LogP) is 5.39. The van der Waals surface area contributed by atoms with Gasteiger partial charge in [0.2, 0.25) is 0 Å². The van der Waals surface area contributed by atoms with Gasteiger partial charge in [-0.05, 0) is 75.9 Å². The van der Waals surface area contributed by atoms with Crippen LogP contribution in [0.25, 0.3) is 12.2 Å². The summed E-state index contributed by atoms with van der Waals surface area (Å²) in [6.45, 7) is 9.32. The van der Waals surface area contributed by atoms with E-state index in [1.54, 1.807) is 0 Å². The van der Waals surface area contributed by atoms with Gasteiger partial charge >= 0.3 is 31.0 Å². The van der Waals surface area contributed by atoms with E-state index in [4.69, 9.17) is 9.59 Å². The molecule has 0 fully saturated rings. The van der Waals surface area contributed by atoms with Crippen LogP contribution >= 0.6 is 0 Å². The maximum Gasteiger partial charge on any atom is 1.00 e. The molecule has 2 aliphatic carbocycles. The van der Waals surface area contributed by atoms with Crippen LogP contribution in [0.1, 0.15) is 72.4 Å². The van der Waals surface area contributed by atoms with Gasteiger partial charge in [-0.3, -0.25) is 4.79 Å². The van der Waals surface area contributed by atoms with Crippen LogP contribution in [-0.2, 0) is 27.5 Å². The SMILES string of the molecule is CC1C=Cc2cc(N(CC(=O)O)Cc3ccccc3)ccc21.CCCN(Cc1ccccc1)c1ccc2c(c1)C=CC2C.O=C=O.[Li+].[OH-]. The minimum atomic E-state index is -0.819. The molecular formula is C40H43LiN2O5. The Morgan fingerprint density at radius 3 is 1.54 bits per heavy atom. The first-order valence-electron chi connectivity index (χ1n) is 15.8. The van der Waals surface area contributed by atoms with E-state index >= 15 is 0 Å². The molecule has 7 nitrogen and oxygen atoms in total. The molecule has 0 saturated heterocycles. The first-order valence-corrected chi connectivity index (χ1v) is 15.8. The zero-order valence-electron chi connectivity index (χ0n) is 28.3. The minimum Gasteiger partial charge on any atom is -0.870 e. The third-order valence-electron chi connectivity index (χ3n) is 8.23.